The van der Waals surface area contributed by atoms with Gasteiger partial charge < -0.3 is 11.1 Å². The van der Waals surface area contributed by atoms with Gasteiger partial charge in [0.05, 0.1) is 16.8 Å². The first-order valence-electron chi connectivity index (χ1n) is 7.42. The lowest BCUT2D eigenvalue weighted by molar-refractivity contribution is 0.0859. The van der Waals surface area contributed by atoms with E-state index in [1.807, 2.05) is 26.0 Å². The zero-order valence-corrected chi connectivity index (χ0v) is 12.7. The van der Waals surface area contributed by atoms with Crippen molar-refractivity contribution in [1.29, 1.82) is 0 Å². The van der Waals surface area contributed by atoms with Gasteiger partial charge in [-0.2, -0.15) is 0 Å². The summed E-state index contributed by atoms with van der Waals surface area (Å²) in [5.41, 5.74) is 8.07. The predicted molar refractivity (Wildman–Crippen MR) is 80.6 cm³/mol. The summed E-state index contributed by atoms with van der Waals surface area (Å²) in [6.07, 6.45) is 4.19. The molecule has 1 fully saturated rings. The van der Waals surface area contributed by atoms with Crippen LogP contribution in [0.1, 0.15) is 54.4 Å². The molecule has 0 aromatic carbocycles. The van der Waals surface area contributed by atoms with E-state index in [1.165, 1.54) is 0 Å². The van der Waals surface area contributed by atoms with Gasteiger partial charge in [-0.25, -0.2) is 0 Å². The normalized spacial score (nSPS) is 26.3. The van der Waals surface area contributed by atoms with E-state index >= 15 is 0 Å². The maximum absolute atomic E-state index is 12.5. The summed E-state index contributed by atoms with van der Waals surface area (Å²) in [7, 11) is 0. The van der Waals surface area contributed by atoms with E-state index in [0.717, 1.165) is 43.0 Å². The van der Waals surface area contributed by atoms with E-state index in [0.29, 0.717) is 12.1 Å². The third-order valence-corrected chi connectivity index (χ3v) is 4.47. The second kappa shape index (κ2) is 5.92. The highest BCUT2D eigenvalue weighted by Gasteiger charge is 2.34. The fraction of sp³-hybridized carbons (Fsp3) is 0.625. The maximum atomic E-state index is 12.5. The lowest BCUT2D eigenvalue weighted by atomic mass is 9.77. The van der Waals surface area contributed by atoms with E-state index in [4.69, 9.17) is 5.73 Å². The zero-order chi connectivity index (χ0) is 14.8. The number of hydrogen-bond acceptors (Lipinski definition) is 3. The molecule has 3 N–H and O–H groups in total. The van der Waals surface area contributed by atoms with Gasteiger partial charge in [0.25, 0.3) is 5.91 Å². The third-order valence-electron chi connectivity index (χ3n) is 4.47. The van der Waals surface area contributed by atoms with Gasteiger partial charge in [0.2, 0.25) is 0 Å². The van der Waals surface area contributed by atoms with E-state index in [2.05, 4.69) is 17.2 Å². The van der Waals surface area contributed by atoms with Crippen LogP contribution in [-0.4, -0.2) is 23.0 Å². The molecule has 2 rings (SSSR count). The summed E-state index contributed by atoms with van der Waals surface area (Å²) in [6.45, 7) is 6.57. The molecule has 0 atom stereocenters. The van der Waals surface area contributed by atoms with E-state index in [9.17, 15) is 4.79 Å². The summed E-state index contributed by atoms with van der Waals surface area (Å²) < 4.78 is 0. The largest absolute Gasteiger partial charge is 0.345 e. The van der Waals surface area contributed by atoms with Crippen LogP contribution in [0, 0.1) is 19.8 Å². The molecule has 20 heavy (non-hydrogen) atoms. The molecule has 0 unspecified atom stereocenters. The highest BCUT2D eigenvalue weighted by molar-refractivity contribution is 5.95. The van der Waals surface area contributed by atoms with Crippen molar-refractivity contribution in [2.45, 2.75) is 52.0 Å². The van der Waals surface area contributed by atoms with Gasteiger partial charge in [-0.15, -0.1) is 0 Å². The lowest BCUT2D eigenvalue weighted by Crippen LogP contribution is -2.55. The van der Waals surface area contributed by atoms with Gasteiger partial charge in [-0.05, 0) is 57.6 Å². The van der Waals surface area contributed by atoms with E-state index < -0.39 is 0 Å². The number of amides is 1. The Morgan fingerprint density at radius 2 is 2.05 bits per heavy atom. The van der Waals surface area contributed by atoms with Crippen molar-refractivity contribution in [1.82, 2.24) is 10.3 Å². The highest BCUT2D eigenvalue weighted by Crippen LogP contribution is 2.31. The quantitative estimate of drug-likeness (QED) is 0.889. The number of nitrogens with zero attached hydrogens (tertiary/aromatic N) is 1. The molecule has 1 aromatic heterocycles. The Bertz CT molecular complexity index is 490. The van der Waals surface area contributed by atoms with Gasteiger partial charge in [-0.3, -0.25) is 9.78 Å². The van der Waals surface area contributed by atoms with Crippen molar-refractivity contribution in [2.75, 3.05) is 6.54 Å². The minimum Gasteiger partial charge on any atom is -0.345 e. The van der Waals surface area contributed by atoms with Crippen LogP contribution in [0.5, 0.6) is 0 Å². The average molecular weight is 275 g/mol. The molecule has 1 aliphatic carbocycles. The van der Waals surface area contributed by atoms with Gasteiger partial charge in [0, 0.05) is 12.2 Å². The van der Waals surface area contributed by atoms with Crippen molar-refractivity contribution in [3.63, 3.8) is 0 Å². The molecule has 110 valence electrons. The second-order valence-electron chi connectivity index (χ2n) is 6.21. The lowest BCUT2D eigenvalue weighted by Gasteiger charge is -2.39. The van der Waals surface area contributed by atoms with Crippen LogP contribution in [-0.2, 0) is 0 Å². The van der Waals surface area contributed by atoms with Gasteiger partial charge >= 0.3 is 0 Å². The van der Waals surface area contributed by atoms with Crippen molar-refractivity contribution in [3.8, 4) is 0 Å². The first-order chi connectivity index (χ1) is 9.46. The molecule has 4 nitrogen and oxygen atoms in total. The number of nitrogens with two attached hydrogens (primary N) is 1. The summed E-state index contributed by atoms with van der Waals surface area (Å²) in [5.74, 6) is 0.685. The zero-order valence-electron chi connectivity index (χ0n) is 12.7. The monoisotopic (exact) mass is 275 g/mol. The highest BCUT2D eigenvalue weighted by atomic mass is 16.1. The second-order valence-corrected chi connectivity index (χ2v) is 6.21. The molecule has 1 saturated carbocycles. The van der Waals surface area contributed by atoms with Crippen LogP contribution in [0.15, 0.2) is 12.1 Å². The van der Waals surface area contributed by atoms with Crippen LogP contribution in [0.2, 0.25) is 0 Å². The molecule has 1 aliphatic rings. The molecule has 0 spiro atoms. The number of rotatable bonds is 3. The van der Waals surface area contributed by atoms with Gasteiger partial charge in [0.1, 0.15) is 0 Å². The van der Waals surface area contributed by atoms with E-state index in [-0.39, 0.29) is 11.4 Å². The molecule has 1 aromatic rings. The van der Waals surface area contributed by atoms with Crippen LogP contribution in [0.3, 0.4) is 0 Å². The number of pyridine rings is 1. The van der Waals surface area contributed by atoms with Gasteiger partial charge in [0.15, 0.2) is 0 Å². The molecule has 0 bridgehead atoms. The Balaban J connectivity index is 2.13. The standard InChI is InChI=1S/C16H25N3O/c1-11-6-8-16(10-17,9-7-11)19-15(20)14-5-4-12(2)18-13(14)3/h4-5,11H,6-10,17H2,1-3H3,(H,19,20). The molecule has 1 heterocycles. The Hall–Kier alpha value is -1.42. The Morgan fingerprint density at radius 3 is 2.60 bits per heavy atom. The number of hydrogen-bond donors (Lipinski definition) is 2. The first kappa shape index (κ1) is 15.0. The van der Waals surface area contributed by atoms with Crippen LogP contribution >= 0.6 is 0 Å². The molecule has 0 aliphatic heterocycles. The minimum absolute atomic E-state index is 0.0463. The molecule has 1 amide bonds. The SMILES string of the molecule is Cc1ccc(C(=O)NC2(CN)CCC(C)CC2)c(C)n1. The van der Waals surface area contributed by atoms with Gasteiger partial charge in [-0.1, -0.05) is 6.92 Å². The molecular formula is C16H25N3O. The predicted octanol–water partition coefficient (Wildman–Crippen LogP) is 2.34. The first-order valence-corrected chi connectivity index (χ1v) is 7.42. The van der Waals surface area contributed by atoms with Crippen molar-refractivity contribution in [3.05, 3.63) is 29.1 Å². The number of aromatic nitrogens is 1. The minimum atomic E-state index is -0.235. The maximum Gasteiger partial charge on any atom is 0.253 e. The molecule has 4 heteroatoms. The third kappa shape index (κ3) is 3.18. The van der Waals surface area contributed by atoms with Crippen molar-refractivity contribution in [2.24, 2.45) is 11.7 Å². The summed E-state index contributed by atoms with van der Waals surface area (Å²) in [4.78, 5) is 16.8. The van der Waals surface area contributed by atoms with E-state index in [1.54, 1.807) is 0 Å². The Morgan fingerprint density at radius 1 is 1.40 bits per heavy atom. The number of aryl methyl sites for hydroxylation is 2. The molecule has 0 radical (unpaired) electrons. The van der Waals surface area contributed by atoms with Crippen LogP contribution < -0.4 is 11.1 Å². The number of nitrogens with one attached hydrogen (secondary N) is 1. The Labute approximate surface area is 121 Å². The van der Waals surface area contributed by atoms with Crippen molar-refractivity contribution >= 4 is 5.91 Å². The topological polar surface area (TPSA) is 68.0 Å². The fourth-order valence-electron chi connectivity index (χ4n) is 2.93. The fourth-order valence-corrected chi connectivity index (χ4v) is 2.93. The van der Waals surface area contributed by atoms with Crippen LogP contribution in [0.25, 0.3) is 0 Å². The summed E-state index contributed by atoms with van der Waals surface area (Å²) in [5, 5.41) is 3.18. The number of carbonyl (C=O) groups is 1. The number of carbonyl (C=O) groups excluding carboxylic acids is 1. The smallest absolute Gasteiger partial charge is 0.253 e. The molecule has 0 saturated heterocycles. The Kier molecular flexibility index (Phi) is 4.43. The average Bonchev–Trinajstić information content (AvgIpc) is 2.41. The summed E-state index contributed by atoms with van der Waals surface area (Å²) >= 11 is 0. The van der Waals surface area contributed by atoms with Crippen LogP contribution in [0.4, 0.5) is 0 Å². The molecular weight excluding hydrogens is 250 g/mol. The van der Waals surface area contributed by atoms with Crippen molar-refractivity contribution < 1.29 is 4.79 Å². The summed E-state index contributed by atoms with van der Waals surface area (Å²) in [6, 6.07) is 3.72.